The molecule has 0 aromatic heterocycles. The van der Waals surface area contributed by atoms with Gasteiger partial charge in [-0.25, -0.2) is 4.79 Å². The van der Waals surface area contributed by atoms with E-state index in [9.17, 15) is 24.5 Å². The van der Waals surface area contributed by atoms with E-state index >= 15 is 0 Å². The van der Waals surface area contributed by atoms with Crippen LogP contribution in [0.25, 0.3) is 0 Å². The van der Waals surface area contributed by atoms with Crippen LogP contribution >= 0.6 is 11.8 Å². The van der Waals surface area contributed by atoms with Crippen LogP contribution in [0.3, 0.4) is 0 Å². The lowest BCUT2D eigenvalue weighted by molar-refractivity contribution is -0.384. The van der Waals surface area contributed by atoms with E-state index in [1.54, 1.807) is 0 Å². The summed E-state index contributed by atoms with van der Waals surface area (Å²) >= 11 is 1.50. The van der Waals surface area contributed by atoms with Gasteiger partial charge in [0.15, 0.2) is 0 Å². The third-order valence-electron chi connectivity index (χ3n) is 4.09. The molecule has 1 aromatic rings. The largest absolute Gasteiger partial charge is 0.461 e. The molecule has 2 aliphatic rings. The molecular formula is C17H16N2O7S. The summed E-state index contributed by atoms with van der Waals surface area (Å²) < 4.78 is 10.3. The van der Waals surface area contributed by atoms with E-state index < -0.39 is 16.9 Å². The Morgan fingerprint density at radius 1 is 1.26 bits per heavy atom. The van der Waals surface area contributed by atoms with Crippen molar-refractivity contribution in [3.8, 4) is 0 Å². The number of thioether (sulfide) groups is 1. The predicted molar refractivity (Wildman–Crippen MR) is 94.3 cm³/mol. The highest BCUT2D eigenvalue weighted by Crippen LogP contribution is 2.40. The first-order chi connectivity index (χ1) is 12.9. The lowest BCUT2D eigenvalue weighted by Crippen LogP contribution is -2.54. The van der Waals surface area contributed by atoms with E-state index in [1.165, 1.54) is 47.9 Å². The summed E-state index contributed by atoms with van der Waals surface area (Å²) in [5.41, 5.74) is 1.16. The van der Waals surface area contributed by atoms with Crippen molar-refractivity contribution in [2.24, 2.45) is 0 Å². The van der Waals surface area contributed by atoms with Gasteiger partial charge < -0.3 is 9.47 Å². The number of nitro groups is 1. The first-order valence-corrected chi connectivity index (χ1v) is 9.11. The van der Waals surface area contributed by atoms with Crippen LogP contribution in [0.1, 0.15) is 18.9 Å². The van der Waals surface area contributed by atoms with Crippen molar-refractivity contribution in [3.05, 3.63) is 51.2 Å². The SMILES string of the molecule is CC(=O)OCC1=C(C(=O)OCc2ccc([N+](=O)[O-])cc2)N2C(=O)C[C@H]2SC1. The minimum Gasteiger partial charge on any atom is -0.461 e. The molecule has 1 fully saturated rings. The van der Waals surface area contributed by atoms with Crippen molar-refractivity contribution < 1.29 is 28.8 Å². The van der Waals surface area contributed by atoms with Crippen molar-refractivity contribution >= 4 is 35.3 Å². The number of rotatable bonds is 6. The molecule has 3 rings (SSSR count). The molecule has 1 amide bonds. The van der Waals surface area contributed by atoms with Crippen molar-refractivity contribution in [1.29, 1.82) is 0 Å². The van der Waals surface area contributed by atoms with Crippen LogP contribution in [0.15, 0.2) is 35.5 Å². The molecule has 0 aliphatic carbocycles. The van der Waals surface area contributed by atoms with Crippen LogP contribution in [0.4, 0.5) is 5.69 Å². The lowest BCUT2D eigenvalue weighted by atomic mass is 10.1. The van der Waals surface area contributed by atoms with Crippen LogP contribution < -0.4 is 0 Å². The summed E-state index contributed by atoms with van der Waals surface area (Å²) in [6.07, 6.45) is 0.352. The maximum absolute atomic E-state index is 12.6. The molecule has 9 nitrogen and oxygen atoms in total. The summed E-state index contributed by atoms with van der Waals surface area (Å²) in [5.74, 6) is -0.893. The fraction of sp³-hybridized carbons (Fsp3) is 0.353. The van der Waals surface area contributed by atoms with E-state index in [2.05, 4.69) is 0 Å². The van der Waals surface area contributed by atoms with Gasteiger partial charge in [0.25, 0.3) is 5.69 Å². The molecule has 1 saturated heterocycles. The Morgan fingerprint density at radius 2 is 1.96 bits per heavy atom. The molecule has 10 heteroatoms. The number of esters is 2. The number of hydrogen-bond donors (Lipinski definition) is 0. The van der Waals surface area contributed by atoms with Gasteiger partial charge in [-0.1, -0.05) is 0 Å². The van der Waals surface area contributed by atoms with E-state index in [0.29, 0.717) is 23.3 Å². The molecule has 2 aliphatic heterocycles. The lowest BCUT2D eigenvalue weighted by Gasteiger charge is -2.44. The highest BCUT2D eigenvalue weighted by atomic mass is 32.2. The van der Waals surface area contributed by atoms with Crippen LogP contribution in [0.5, 0.6) is 0 Å². The third kappa shape index (κ3) is 4.11. The summed E-state index contributed by atoms with van der Waals surface area (Å²) in [5, 5.41) is 10.6. The Bertz CT molecular complexity index is 834. The molecule has 27 heavy (non-hydrogen) atoms. The summed E-state index contributed by atoms with van der Waals surface area (Å²) in [6, 6.07) is 5.63. The second kappa shape index (κ2) is 7.78. The number of fused-ring (bicyclic) bond motifs is 1. The summed E-state index contributed by atoms with van der Waals surface area (Å²) in [6.45, 7) is 1.09. The molecule has 0 unspecified atom stereocenters. The second-order valence-corrected chi connectivity index (χ2v) is 7.13. The standard InChI is InChI=1S/C17H16N2O7S/c1-10(20)25-8-12-9-27-15-6-14(21)18(15)16(12)17(22)26-7-11-2-4-13(5-3-11)19(23)24/h2-5,15H,6-9H2,1H3/t15-/m1/s1. The minimum absolute atomic E-state index is 0.0604. The van der Waals surface area contributed by atoms with E-state index in [0.717, 1.165) is 0 Å². The number of amides is 1. The van der Waals surface area contributed by atoms with Gasteiger partial charge >= 0.3 is 11.9 Å². The Balaban J connectivity index is 1.73. The molecular weight excluding hydrogens is 376 g/mol. The highest BCUT2D eigenvalue weighted by Gasteiger charge is 2.45. The maximum atomic E-state index is 12.6. The number of carbonyl (C=O) groups is 3. The fourth-order valence-electron chi connectivity index (χ4n) is 2.70. The van der Waals surface area contributed by atoms with Crippen LogP contribution in [-0.4, -0.2) is 45.4 Å². The fourth-order valence-corrected chi connectivity index (χ4v) is 3.94. The number of benzene rings is 1. The molecule has 1 atom stereocenters. The van der Waals surface area contributed by atoms with Gasteiger partial charge in [0.2, 0.25) is 5.91 Å². The van der Waals surface area contributed by atoms with Gasteiger partial charge in [-0.15, -0.1) is 11.8 Å². The van der Waals surface area contributed by atoms with Crippen molar-refractivity contribution in [1.82, 2.24) is 4.90 Å². The topological polar surface area (TPSA) is 116 Å². The third-order valence-corrected chi connectivity index (χ3v) is 5.37. The monoisotopic (exact) mass is 392 g/mol. The van der Waals surface area contributed by atoms with Crippen molar-refractivity contribution in [2.45, 2.75) is 25.3 Å². The first-order valence-electron chi connectivity index (χ1n) is 8.06. The van der Waals surface area contributed by atoms with Gasteiger partial charge in [0, 0.05) is 30.4 Å². The average Bonchev–Trinajstić information content (AvgIpc) is 2.63. The molecule has 1 aromatic carbocycles. The quantitative estimate of drug-likeness (QED) is 0.311. The van der Waals surface area contributed by atoms with Gasteiger partial charge in [-0.2, -0.15) is 0 Å². The van der Waals surface area contributed by atoms with Gasteiger partial charge in [0.1, 0.15) is 18.9 Å². The zero-order chi connectivity index (χ0) is 19.6. The molecule has 0 spiro atoms. The number of non-ortho nitro benzene ring substituents is 1. The van der Waals surface area contributed by atoms with Crippen molar-refractivity contribution in [2.75, 3.05) is 12.4 Å². The second-order valence-electron chi connectivity index (χ2n) is 5.97. The van der Waals surface area contributed by atoms with Crippen molar-refractivity contribution in [3.63, 3.8) is 0 Å². The van der Waals surface area contributed by atoms with E-state index in [1.807, 2.05) is 0 Å². The Labute approximate surface area is 158 Å². The summed E-state index contributed by atoms with van der Waals surface area (Å²) in [7, 11) is 0. The Morgan fingerprint density at radius 3 is 2.56 bits per heavy atom. The predicted octanol–water partition coefficient (Wildman–Crippen LogP) is 1.76. The molecule has 0 N–H and O–H groups in total. The van der Waals surface area contributed by atoms with Crippen LogP contribution in [-0.2, 0) is 30.5 Å². The van der Waals surface area contributed by atoms with Gasteiger partial charge in [0.05, 0.1) is 16.7 Å². The average molecular weight is 392 g/mol. The van der Waals surface area contributed by atoms with E-state index in [4.69, 9.17) is 9.47 Å². The molecule has 142 valence electrons. The van der Waals surface area contributed by atoms with Gasteiger partial charge in [-0.3, -0.25) is 24.6 Å². The summed E-state index contributed by atoms with van der Waals surface area (Å²) in [4.78, 5) is 47.2. The van der Waals surface area contributed by atoms with Gasteiger partial charge in [-0.05, 0) is 17.7 Å². The maximum Gasteiger partial charge on any atom is 0.355 e. The highest BCUT2D eigenvalue weighted by molar-refractivity contribution is 8.00. The minimum atomic E-state index is -0.686. The number of nitro benzene ring substituents is 1. The number of carbonyl (C=O) groups excluding carboxylic acids is 3. The number of ether oxygens (including phenoxy) is 2. The number of hydrogen-bond acceptors (Lipinski definition) is 8. The molecule has 0 radical (unpaired) electrons. The number of β-lactam (4-membered cyclic amide) rings is 1. The zero-order valence-electron chi connectivity index (χ0n) is 14.4. The Kier molecular flexibility index (Phi) is 5.45. The molecule has 2 heterocycles. The normalized spacial score (nSPS) is 18.5. The molecule has 0 bridgehead atoms. The van der Waals surface area contributed by atoms with Crippen LogP contribution in [0, 0.1) is 10.1 Å². The zero-order valence-corrected chi connectivity index (χ0v) is 15.2. The number of nitrogens with zero attached hydrogens (tertiary/aromatic N) is 2. The first kappa shape index (κ1) is 18.9. The molecule has 0 saturated carbocycles. The smallest absolute Gasteiger partial charge is 0.355 e. The Hall–Kier alpha value is -2.88. The van der Waals surface area contributed by atoms with Crippen LogP contribution in [0.2, 0.25) is 0 Å². The van der Waals surface area contributed by atoms with E-state index in [-0.39, 0.29) is 35.9 Å².